The monoisotopic (exact) mass is 522 g/mol. The van der Waals surface area contributed by atoms with Crippen LogP contribution in [0.1, 0.15) is 37.9 Å². The minimum Gasteiger partial charge on any atom is -0.465 e. The van der Waals surface area contributed by atoms with Crippen molar-refractivity contribution in [3.63, 3.8) is 0 Å². The number of benzene rings is 1. The fraction of sp³-hybridized carbons (Fsp3) is 0.444. The van der Waals surface area contributed by atoms with Crippen LogP contribution in [0.15, 0.2) is 53.7 Å². The normalized spacial score (nSPS) is 13.6. The lowest BCUT2D eigenvalue weighted by atomic mass is 10.1. The van der Waals surface area contributed by atoms with E-state index in [-0.39, 0.29) is 23.7 Å². The van der Waals surface area contributed by atoms with Gasteiger partial charge in [0, 0.05) is 57.0 Å². The molecule has 202 valence electrons. The van der Waals surface area contributed by atoms with Crippen molar-refractivity contribution in [1.29, 1.82) is 0 Å². The molecule has 0 bridgehead atoms. The molecule has 0 saturated carbocycles. The van der Waals surface area contributed by atoms with Gasteiger partial charge in [-0.2, -0.15) is 10.2 Å². The Morgan fingerprint density at radius 1 is 1.18 bits per heavy atom. The largest absolute Gasteiger partial charge is 0.465 e. The first-order valence-corrected chi connectivity index (χ1v) is 12.9. The molecular weight excluding hydrogens is 488 g/mol. The second-order valence-electron chi connectivity index (χ2n) is 9.76. The first-order valence-electron chi connectivity index (χ1n) is 12.9. The summed E-state index contributed by atoms with van der Waals surface area (Å²) in [6.45, 7) is 7.36. The number of anilines is 1. The number of ether oxygens (including phenoxy) is 1. The molecule has 0 unspecified atom stereocenters. The Labute approximate surface area is 221 Å². The van der Waals surface area contributed by atoms with E-state index in [0.29, 0.717) is 69.3 Å². The molecule has 1 fully saturated rings. The first kappa shape index (κ1) is 27.1. The van der Waals surface area contributed by atoms with E-state index in [1.54, 1.807) is 40.0 Å². The Kier molecular flexibility index (Phi) is 8.90. The van der Waals surface area contributed by atoms with E-state index in [1.165, 1.54) is 11.0 Å². The topological polar surface area (TPSA) is 123 Å². The predicted octanol–water partition coefficient (Wildman–Crippen LogP) is 2.80. The number of nitrogens with zero attached hydrogens (tertiary/aromatic N) is 6. The predicted molar refractivity (Wildman–Crippen MR) is 142 cm³/mol. The van der Waals surface area contributed by atoms with Crippen LogP contribution in [0.25, 0.3) is 5.69 Å². The lowest BCUT2D eigenvalue weighted by Crippen LogP contribution is -2.40. The second-order valence-corrected chi connectivity index (χ2v) is 9.76. The van der Waals surface area contributed by atoms with E-state index in [9.17, 15) is 19.5 Å². The molecule has 0 atom stereocenters. The molecule has 3 aromatic rings. The number of carbonyl (C=O) groups is 2. The van der Waals surface area contributed by atoms with Gasteiger partial charge >= 0.3 is 6.09 Å². The molecule has 1 N–H and O–H groups in total. The highest BCUT2D eigenvalue weighted by Crippen LogP contribution is 2.19. The smallest absolute Gasteiger partial charge is 0.411 e. The van der Waals surface area contributed by atoms with Gasteiger partial charge in [0.25, 0.3) is 0 Å². The SMILES string of the molecule is CC(C)CN(C(=O)O)c1cccc(Cc2nn(-c3cnn(CCCC(=O)N4CCOCC4)c3)ccc2=O)c1. The number of hydrogen-bond acceptors (Lipinski definition) is 6. The van der Waals surface area contributed by atoms with Crippen molar-refractivity contribution >= 4 is 17.7 Å². The van der Waals surface area contributed by atoms with Crippen LogP contribution >= 0.6 is 0 Å². The van der Waals surface area contributed by atoms with Crippen molar-refractivity contribution in [1.82, 2.24) is 24.5 Å². The minimum absolute atomic E-state index is 0.132. The molecule has 0 radical (unpaired) electrons. The van der Waals surface area contributed by atoms with Gasteiger partial charge in [-0.25, -0.2) is 9.48 Å². The molecule has 2 aromatic heterocycles. The van der Waals surface area contributed by atoms with Crippen molar-refractivity contribution < 1.29 is 19.4 Å². The summed E-state index contributed by atoms with van der Waals surface area (Å²) in [6.07, 6.45) is 5.46. The minimum atomic E-state index is -1.02. The Morgan fingerprint density at radius 3 is 2.71 bits per heavy atom. The zero-order chi connectivity index (χ0) is 27.1. The molecule has 4 rings (SSSR count). The van der Waals surface area contributed by atoms with Crippen LogP contribution in [-0.2, 0) is 22.5 Å². The number of carbonyl (C=O) groups excluding carboxylic acids is 1. The molecular formula is C27H34N6O5. The maximum atomic E-state index is 12.6. The highest BCUT2D eigenvalue weighted by Gasteiger charge is 2.18. The molecule has 11 heteroatoms. The Hall–Kier alpha value is -3.99. The second kappa shape index (κ2) is 12.5. The zero-order valence-corrected chi connectivity index (χ0v) is 21.8. The molecule has 0 aliphatic carbocycles. The van der Waals surface area contributed by atoms with Gasteiger partial charge in [0.15, 0.2) is 0 Å². The maximum absolute atomic E-state index is 12.6. The van der Waals surface area contributed by atoms with Crippen molar-refractivity contribution in [2.75, 3.05) is 37.7 Å². The zero-order valence-electron chi connectivity index (χ0n) is 21.8. The lowest BCUT2D eigenvalue weighted by molar-refractivity contribution is -0.135. The molecule has 38 heavy (non-hydrogen) atoms. The molecule has 3 heterocycles. The molecule has 0 spiro atoms. The third-order valence-electron chi connectivity index (χ3n) is 6.28. The number of rotatable bonds is 10. The number of hydrogen-bond donors (Lipinski definition) is 1. The first-order chi connectivity index (χ1) is 18.3. The van der Waals surface area contributed by atoms with E-state index in [4.69, 9.17) is 4.74 Å². The van der Waals surface area contributed by atoms with Gasteiger partial charge in [0.05, 0.1) is 25.6 Å². The average Bonchev–Trinajstić information content (AvgIpc) is 3.38. The molecule has 11 nitrogen and oxygen atoms in total. The molecule has 1 saturated heterocycles. The number of aryl methyl sites for hydroxylation is 1. The van der Waals surface area contributed by atoms with Gasteiger partial charge in [0.2, 0.25) is 11.3 Å². The Balaban J connectivity index is 1.41. The van der Waals surface area contributed by atoms with Gasteiger partial charge in [-0.1, -0.05) is 26.0 Å². The quantitative estimate of drug-likeness (QED) is 0.434. The van der Waals surface area contributed by atoms with Gasteiger partial charge in [-0.3, -0.25) is 19.2 Å². The van der Waals surface area contributed by atoms with Crippen molar-refractivity contribution in [2.45, 2.75) is 39.7 Å². The molecule has 1 aliphatic rings. The van der Waals surface area contributed by atoms with Crippen LogP contribution in [0.4, 0.5) is 10.5 Å². The third-order valence-corrected chi connectivity index (χ3v) is 6.28. The fourth-order valence-corrected chi connectivity index (χ4v) is 4.36. The van der Waals surface area contributed by atoms with Crippen LogP contribution in [0, 0.1) is 5.92 Å². The summed E-state index contributed by atoms with van der Waals surface area (Å²) in [7, 11) is 0. The number of aromatic nitrogens is 4. The Bertz CT molecular complexity index is 1310. The maximum Gasteiger partial charge on any atom is 0.411 e. The van der Waals surface area contributed by atoms with Gasteiger partial charge in [0.1, 0.15) is 11.4 Å². The summed E-state index contributed by atoms with van der Waals surface area (Å²) in [5.74, 6) is 0.302. The van der Waals surface area contributed by atoms with Crippen LogP contribution in [0.5, 0.6) is 0 Å². The summed E-state index contributed by atoms with van der Waals surface area (Å²) >= 11 is 0. The highest BCUT2D eigenvalue weighted by molar-refractivity contribution is 5.86. The van der Waals surface area contributed by atoms with Gasteiger partial charge < -0.3 is 14.7 Å². The van der Waals surface area contributed by atoms with E-state index < -0.39 is 6.09 Å². The van der Waals surface area contributed by atoms with E-state index in [0.717, 1.165) is 5.56 Å². The average molecular weight is 523 g/mol. The van der Waals surface area contributed by atoms with Crippen LogP contribution in [0.3, 0.4) is 0 Å². The fourth-order valence-electron chi connectivity index (χ4n) is 4.36. The summed E-state index contributed by atoms with van der Waals surface area (Å²) in [5, 5.41) is 18.5. The Morgan fingerprint density at radius 2 is 1.97 bits per heavy atom. The van der Waals surface area contributed by atoms with Crippen LogP contribution < -0.4 is 10.3 Å². The van der Waals surface area contributed by atoms with E-state index in [2.05, 4.69) is 10.2 Å². The number of amides is 2. The summed E-state index contributed by atoms with van der Waals surface area (Å²) in [4.78, 5) is 39.8. The van der Waals surface area contributed by atoms with Crippen molar-refractivity contribution in [3.8, 4) is 5.69 Å². The highest BCUT2D eigenvalue weighted by atomic mass is 16.5. The van der Waals surface area contributed by atoms with Gasteiger partial charge in [-0.15, -0.1) is 0 Å². The third kappa shape index (κ3) is 7.06. The summed E-state index contributed by atoms with van der Waals surface area (Å²) < 4.78 is 8.66. The van der Waals surface area contributed by atoms with Crippen molar-refractivity contribution in [2.24, 2.45) is 5.92 Å². The molecule has 1 aliphatic heterocycles. The van der Waals surface area contributed by atoms with Gasteiger partial charge in [-0.05, 0) is 30.0 Å². The van der Waals surface area contributed by atoms with E-state index >= 15 is 0 Å². The summed E-state index contributed by atoms with van der Waals surface area (Å²) in [5.41, 5.74) is 2.21. The molecule has 2 amide bonds. The van der Waals surface area contributed by atoms with Crippen molar-refractivity contribution in [3.05, 3.63) is 70.4 Å². The lowest BCUT2D eigenvalue weighted by Gasteiger charge is -2.26. The molecule has 1 aromatic carbocycles. The summed E-state index contributed by atoms with van der Waals surface area (Å²) in [6, 6.07) is 8.64. The van der Waals surface area contributed by atoms with E-state index in [1.807, 2.05) is 31.0 Å². The number of morpholine rings is 1. The standard InChI is InChI=1S/C27H34N6O5/c1-20(2)18-32(27(36)37)22-6-3-5-21(15-22)16-24-25(34)8-10-33(29-24)23-17-28-31(19-23)9-4-7-26(35)30-11-13-38-14-12-30/h3,5-6,8,10,15,17,19-20H,4,7,9,11-14,16,18H2,1-2H3,(H,36,37). The van der Waals surface area contributed by atoms with Crippen LogP contribution in [0.2, 0.25) is 0 Å². The number of carboxylic acid groups (broad SMARTS) is 1. The van der Waals surface area contributed by atoms with Crippen LogP contribution in [-0.4, -0.2) is 74.4 Å².